The van der Waals surface area contributed by atoms with E-state index in [9.17, 15) is 9.59 Å². The number of nitrogens with zero attached hydrogens (tertiary/aromatic N) is 2. The number of thiazole rings is 1. The van der Waals surface area contributed by atoms with Crippen LogP contribution in [0.1, 0.15) is 65.4 Å². The van der Waals surface area contributed by atoms with Crippen LogP contribution in [0.5, 0.6) is 0 Å². The number of aromatic nitrogens is 1. The molecule has 1 heterocycles. The SMILES string of the molecule is CCCCNC(=O)c1csc(CN(CCCC)C(=O)c2ccc(Cl)cc2Cl)n1. The number of benzene rings is 1. The first kappa shape index (κ1) is 22.7. The summed E-state index contributed by atoms with van der Waals surface area (Å²) in [6.07, 6.45) is 3.78. The maximum Gasteiger partial charge on any atom is 0.270 e. The van der Waals surface area contributed by atoms with Gasteiger partial charge in [-0.2, -0.15) is 0 Å². The molecule has 0 bridgehead atoms. The molecule has 1 aromatic carbocycles. The highest BCUT2D eigenvalue weighted by Gasteiger charge is 2.20. The van der Waals surface area contributed by atoms with E-state index in [0.717, 1.165) is 30.7 Å². The average Bonchev–Trinajstić information content (AvgIpc) is 3.13. The van der Waals surface area contributed by atoms with E-state index in [2.05, 4.69) is 24.1 Å². The number of nitrogens with one attached hydrogen (secondary N) is 1. The van der Waals surface area contributed by atoms with E-state index < -0.39 is 0 Å². The van der Waals surface area contributed by atoms with Gasteiger partial charge in [-0.3, -0.25) is 9.59 Å². The number of halogens is 2. The second-order valence-corrected chi connectivity index (χ2v) is 8.23. The molecule has 0 spiro atoms. The van der Waals surface area contributed by atoms with Gasteiger partial charge in [0.05, 0.1) is 17.1 Å². The molecule has 0 aliphatic carbocycles. The van der Waals surface area contributed by atoms with Gasteiger partial charge in [0.1, 0.15) is 10.7 Å². The third kappa shape index (κ3) is 6.47. The van der Waals surface area contributed by atoms with Gasteiger partial charge < -0.3 is 10.2 Å². The number of rotatable bonds is 10. The number of unbranched alkanes of at least 4 members (excludes halogenated alkanes) is 2. The summed E-state index contributed by atoms with van der Waals surface area (Å²) in [6.45, 7) is 5.71. The third-order valence-electron chi connectivity index (χ3n) is 4.16. The van der Waals surface area contributed by atoms with Crippen LogP contribution < -0.4 is 5.32 Å². The van der Waals surface area contributed by atoms with Crippen LogP contribution in [0.2, 0.25) is 10.0 Å². The smallest absolute Gasteiger partial charge is 0.270 e. The molecule has 5 nitrogen and oxygen atoms in total. The van der Waals surface area contributed by atoms with Gasteiger partial charge in [-0.05, 0) is 31.0 Å². The quantitative estimate of drug-likeness (QED) is 0.500. The van der Waals surface area contributed by atoms with E-state index in [1.54, 1.807) is 28.5 Å². The molecule has 0 radical (unpaired) electrons. The van der Waals surface area contributed by atoms with Crippen molar-refractivity contribution in [2.45, 2.75) is 46.1 Å². The van der Waals surface area contributed by atoms with Gasteiger partial charge in [0.2, 0.25) is 0 Å². The molecular weight excluding hydrogens is 417 g/mol. The second-order valence-electron chi connectivity index (χ2n) is 6.44. The van der Waals surface area contributed by atoms with Crippen molar-refractivity contribution in [1.82, 2.24) is 15.2 Å². The topological polar surface area (TPSA) is 62.3 Å². The zero-order valence-electron chi connectivity index (χ0n) is 16.1. The molecule has 0 atom stereocenters. The van der Waals surface area contributed by atoms with Gasteiger partial charge in [-0.25, -0.2) is 4.98 Å². The molecule has 0 saturated heterocycles. The Hall–Kier alpha value is -1.63. The van der Waals surface area contributed by atoms with Gasteiger partial charge in [-0.1, -0.05) is 49.9 Å². The van der Waals surface area contributed by atoms with Crippen molar-refractivity contribution < 1.29 is 9.59 Å². The van der Waals surface area contributed by atoms with Crippen molar-refractivity contribution in [2.75, 3.05) is 13.1 Å². The fraction of sp³-hybridized carbons (Fsp3) is 0.450. The Bertz CT molecular complexity index is 810. The summed E-state index contributed by atoms with van der Waals surface area (Å²) in [5.74, 6) is -0.345. The van der Waals surface area contributed by atoms with Crippen molar-refractivity contribution in [1.29, 1.82) is 0 Å². The first-order valence-electron chi connectivity index (χ1n) is 9.43. The number of amides is 2. The molecule has 0 saturated carbocycles. The van der Waals surface area contributed by atoms with Crippen LogP contribution in [0.3, 0.4) is 0 Å². The lowest BCUT2D eigenvalue weighted by molar-refractivity contribution is 0.0741. The Morgan fingerprint density at radius 1 is 1.18 bits per heavy atom. The first-order chi connectivity index (χ1) is 13.5. The summed E-state index contributed by atoms with van der Waals surface area (Å²) in [4.78, 5) is 31.3. The standard InChI is InChI=1S/C20H25Cl2N3O2S/c1-3-5-9-23-19(26)17-13-28-18(24-17)12-25(10-6-4-2)20(27)15-8-7-14(21)11-16(15)22/h7-8,11,13H,3-6,9-10,12H2,1-2H3,(H,23,26). The van der Waals surface area contributed by atoms with E-state index in [1.165, 1.54) is 11.3 Å². The Balaban J connectivity index is 2.11. The third-order valence-corrected chi connectivity index (χ3v) is 5.54. The molecular formula is C20H25Cl2N3O2S. The molecule has 0 aliphatic heterocycles. The van der Waals surface area contributed by atoms with Crippen LogP contribution in [-0.4, -0.2) is 34.8 Å². The van der Waals surface area contributed by atoms with Crippen molar-refractivity contribution in [3.63, 3.8) is 0 Å². The van der Waals surface area contributed by atoms with Crippen LogP contribution in [-0.2, 0) is 6.54 Å². The Kier molecular flexibility index (Phi) is 9.22. The predicted molar refractivity (Wildman–Crippen MR) is 115 cm³/mol. The Labute approximate surface area is 180 Å². The molecule has 0 fully saturated rings. The molecule has 2 amide bonds. The number of hydrogen-bond donors (Lipinski definition) is 1. The lowest BCUT2D eigenvalue weighted by atomic mass is 10.2. The highest BCUT2D eigenvalue weighted by Crippen LogP contribution is 2.24. The molecule has 28 heavy (non-hydrogen) atoms. The molecule has 152 valence electrons. The van der Waals surface area contributed by atoms with Gasteiger partial charge in [0.25, 0.3) is 11.8 Å². The summed E-state index contributed by atoms with van der Waals surface area (Å²) in [5, 5.41) is 6.12. The predicted octanol–water partition coefficient (Wildman–Crippen LogP) is 5.42. The second kappa shape index (κ2) is 11.4. The summed E-state index contributed by atoms with van der Waals surface area (Å²) in [7, 11) is 0. The molecule has 0 aliphatic rings. The summed E-state index contributed by atoms with van der Waals surface area (Å²) in [5.41, 5.74) is 0.805. The zero-order valence-corrected chi connectivity index (χ0v) is 18.5. The van der Waals surface area contributed by atoms with Crippen LogP contribution in [0.15, 0.2) is 23.6 Å². The normalized spacial score (nSPS) is 10.7. The summed E-state index contributed by atoms with van der Waals surface area (Å²) in [6, 6.07) is 4.86. The van der Waals surface area contributed by atoms with Gasteiger partial charge in [-0.15, -0.1) is 11.3 Å². The molecule has 8 heteroatoms. The average molecular weight is 442 g/mol. The minimum absolute atomic E-state index is 0.167. The van der Waals surface area contributed by atoms with Crippen LogP contribution in [0, 0.1) is 0 Å². The maximum absolute atomic E-state index is 13.0. The lowest BCUT2D eigenvalue weighted by Gasteiger charge is -2.22. The molecule has 0 unspecified atom stereocenters. The molecule has 1 N–H and O–H groups in total. The minimum atomic E-state index is -0.178. The Morgan fingerprint density at radius 3 is 2.61 bits per heavy atom. The lowest BCUT2D eigenvalue weighted by Crippen LogP contribution is -2.32. The van der Waals surface area contributed by atoms with Crippen LogP contribution in [0.4, 0.5) is 0 Å². The van der Waals surface area contributed by atoms with Gasteiger partial charge >= 0.3 is 0 Å². The van der Waals surface area contributed by atoms with Crippen LogP contribution >= 0.6 is 34.5 Å². The van der Waals surface area contributed by atoms with Crippen molar-refractivity contribution in [3.05, 3.63) is 49.9 Å². The van der Waals surface area contributed by atoms with E-state index >= 15 is 0 Å². The minimum Gasteiger partial charge on any atom is -0.351 e. The summed E-state index contributed by atoms with van der Waals surface area (Å²) >= 11 is 13.5. The fourth-order valence-corrected chi connectivity index (χ4v) is 3.83. The largest absolute Gasteiger partial charge is 0.351 e. The molecule has 1 aromatic heterocycles. The van der Waals surface area contributed by atoms with Gasteiger partial charge in [0.15, 0.2) is 0 Å². The first-order valence-corrected chi connectivity index (χ1v) is 11.1. The molecule has 2 aromatic rings. The molecule has 2 rings (SSSR count). The van der Waals surface area contributed by atoms with Crippen molar-refractivity contribution in [2.24, 2.45) is 0 Å². The van der Waals surface area contributed by atoms with Crippen molar-refractivity contribution >= 4 is 46.4 Å². The summed E-state index contributed by atoms with van der Waals surface area (Å²) < 4.78 is 0. The van der Waals surface area contributed by atoms with Crippen molar-refractivity contribution in [3.8, 4) is 0 Å². The zero-order chi connectivity index (χ0) is 20.5. The highest BCUT2D eigenvalue weighted by atomic mass is 35.5. The van der Waals surface area contributed by atoms with Crippen LogP contribution in [0.25, 0.3) is 0 Å². The number of carbonyl (C=O) groups excluding carboxylic acids is 2. The van der Waals surface area contributed by atoms with E-state index in [0.29, 0.717) is 40.9 Å². The van der Waals surface area contributed by atoms with Gasteiger partial charge in [0, 0.05) is 23.5 Å². The number of hydrogen-bond acceptors (Lipinski definition) is 4. The highest BCUT2D eigenvalue weighted by molar-refractivity contribution is 7.09. The van der Waals surface area contributed by atoms with E-state index in [-0.39, 0.29) is 11.8 Å². The Morgan fingerprint density at radius 2 is 1.93 bits per heavy atom. The maximum atomic E-state index is 13.0. The monoisotopic (exact) mass is 441 g/mol. The van der Waals surface area contributed by atoms with E-state index in [4.69, 9.17) is 23.2 Å². The fourth-order valence-electron chi connectivity index (χ4n) is 2.55. The van der Waals surface area contributed by atoms with E-state index in [1.807, 2.05) is 0 Å². The number of carbonyl (C=O) groups is 2.